The summed E-state index contributed by atoms with van der Waals surface area (Å²) in [5.41, 5.74) is 3.34. The first-order valence-corrected chi connectivity index (χ1v) is 9.89. The highest BCUT2D eigenvalue weighted by atomic mass is 32.2. The Bertz CT molecular complexity index is 952. The van der Waals surface area contributed by atoms with Crippen molar-refractivity contribution in [3.63, 3.8) is 0 Å². The van der Waals surface area contributed by atoms with Crippen molar-refractivity contribution in [2.45, 2.75) is 24.7 Å². The molecule has 0 unspecified atom stereocenters. The normalized spacial score (nSPS) is 11.3. The van der Waals surface area contributed by atoms with Gasteiger partial charge in [0.05, 0.1) is 4.90 Å². The third kappa shape index (κ3) is 4.94. The highest BCUT2D eigenvalue weighted by Crippen LogP contribution is 2.16. The van der Waals surface area contributed by atoms with Crippen molar-refractivity contribution < 1.29 is 13.3 Å². The van der Waals surface area contributed by atoms with Crippen LogP contribution in [0.15, 0.2) is 83.8 Å². The van der Waals surface area contributed by atoms with E-state index in [0.29, 0.717) is 5.75 Å². The van der Waals surface area contributed by atoms with Crippen LogP contribution in [0.3, 0.4) is 0 Å². The van der Waals surface area contributed by atoms with Gasteiger partial charge in [-0.25, -0.2) is 8.42 Å². The zero-order chi connectivity index (χ0) is 18.4. The van der Waals surface area contributed by atoms with E-state index in [4.69, 9.17) is 4.84 Å². The summed E-state index contributed by atoms with van der Waals surface area (Å²) in [5.74, 6) is 0.464. The number of aryl methyl sites for hydroxylation is 3. The summed E-state index contributed by atoms with van der Waals surface area (Å²) >= 11 is 0. The van der Waals surface area contributed by atoms with Gasteiger partial charge in [0.2, 0.25) is 0 Å². The Labute approximate surface area is 154 Å². The Morgan fingerprint density at radius 1 is 0.808 bits per heavy atom. The van der Waals surface area contributed by atoms with Crippen molar-refractivity contribution in [2.24, 2.45) is 0 Å². The number of rotatable bonds is 7. The highest BCUT2D eigenvalue weighted by Gasteiger charge is 2.14. The van der Waals surface area contributed by atoms with Crippen LogP contribution in [0.25, 0.3) is 0 Å². The smallest absolute Gasteiger partial charge is 0.271 e. The topological polar surface area (TPSA) is 55.4 Å². The van der Waals surface area contributed by atoms with Crippen molar-refractivity contribution in [1.82, 2.24) is 4.89 Å². The Hall–Kier alpha value is -2.63. The quantitative estimate of drug-likeness (QED) is 0.641. The third-order valence-corrected chi connectivity index (χ3v) is 5.24. The molecular formula is C21H21NO3S. The lowest BCUT2D eigenvalue weighted by atomic mass is 10.0. The van der Waals surface area contributed by atoms with Gasteiger partial charge in [-0.1, -0.05) is 60.2 Å². The van der Waals surface area contributed by atoms with E-state index in [1.54, 1.807) is 30.3 Å². The summed E-state index contributed by atoms with van der Waals surface area (Å²) in [6, 6.07) is 24.3. The minimum Gasteiger partial charge on any atom is -0.394 e. The molecule has 3 aromatic rings. The summed E-state index contributed by atoms with van der Waals surface area (Å²) in [5, 5.41) is 0. The highest BCUT2D eigenvalue weighted by molar-refractivity contribution is 7.89. The first-order chi connectivity index (χ1) is 12.5. The standard InChI is InChI=1S/C21H21NO3S/c1-17-10-14-21(15-11-17)26(23,24)22-25-20-9-5-8-19(16-20)13-12-18-6-3-2-4-7-18/h2-11,14-16,22H,12-13H2,1H3. The summed E-state index contributed by atoms with van der Waals surface area (Å²) in [6.07, 6.45) is 1.77. The van der Waals surface area contributed by atoms with Crippen LogP contribution in [-0.4, -0.2) is 8.42 Å². The molecule has 0 aliphatic rings. The molecule has 4 nitrogen and oxygen atoms in total. The molecule has 5 heteroatoms. The average Bonchev–Trinajstić information content (AvgIpc) is 2.66. The molecule has 0 amide bonds. The molecule has 0 spiro atoms. The van der Waals surface area contributed by atoms with E-state index in [0.717, 1.165) is 24.0 Å². The molecule has 0 aromatic heterocycles. The molecule has 3 aromatic carbocycles. The lowest BCUT2D eigenvalue weighted by molar-refractivity contribution is 0.269. The Balaban J connectivity index is 1.62. The maximum atomic E-state index is 12.3. The first kappa shape index (κ1) is 18.2. The minimum absolute atomic E-state index is 0.170. The first-order valence-electron chi connectivity index (χ1n) is 8.41. The molecule has 0 fully saturated rings. The summed E-state index contributed by atoms with van der Waals surface area (Å²) in [4.78, 5) is 7.66. The van der Waals surface area contributed by atoms with Gasteiger partial charge >= 0.3 is 0 Å². The second-order valence-corrected chi connectivity index (χ2v) is 7.78. The fraction of sp³-hybridized carbons (Fsp3) is 0.143. The van der Waals surface area contributed by atoms with Crippen molar-refractivity contribution >= 4 is 10.0 Å². The zero-order valence-corrected chi connectivity index (χ0v) is 15.4. The van der Waals surface area contributed by atoms with Crippen molar-refractivity contribution in [1.29, 1.82) is 0 Å². The molecule has 3 rings (SSSR count). The second kappa shape index (κ2) is 8.17. The number of hydrogen-bond acceptors (Lipinski definition) is 3. The summed E-state index contributed by atoms with van der Waals surface area (Å²) in [7, 11) is -3.72. The van der Waals surface area contributed by atoms with Crippen LogP contribution in [0.4, 0.5) is 0 Å². The number of hydrogen-bond donors (Lipinski definition) is 1. The van der Waals surface area contributed by atoms with Crippen LogP contribution >= 0.6 is 0 Å². The third-order valence-electron chi connectivity index (χ3n) is 4.04. The van der Waals surface area contributed by atoms with Crippen molar-refractivity contribution in [3.05, 3.63) is 95.6 Å². The summed E-state index contributed by atoms with van der Waals surface area (Å²) in [6.45, 7) is 1.90. The monoisotopic (exact) mass is 367 g/mol. The van der Waals surface area contributed by atoms with Gasteiger partial charge in [0, 0.05) is 0 Å². The molecular weight excluding hydrogens is 346 g/mol. The molecule has 0 radical (unpaired) electrons. The predicted molar refractivity (Wildman–Crippen MR) is 102 cm³/mol. The number of nitrogens with one attached hydrogen (secondary N) is 1. The Morgan fingerprint density at radius 3 is 2.19 bits per heavy atom. The van der Waals surface area contributed by atoms with Crippen LogP contribution in [0.2, 0.25) is 0 Å². The molecule has 26 heavy (non-hydrogen) atoms. The molecule has 1 N–H and O–H groups in total. The van der Waals surface area contributed by atoms with Gasteiger partial charge in [0.15, 0.2) is 0 Å². The van der Waals surface area contributed by atoms with Crippen LogP contribution in [0.5, 0.6) is 5.75 Å². The van der Waals surface area contributed by atoms with Crippen molar-refractivity contribution in [3.8, 4) is 5.75 Å². The zero-order valence-electron chi connectivity index (χ0n) is 14.6. The maximum absolute atomic E-state index is 12.3. The second-order valence-electron chi connectivity index (χ2n) is 6.13. The van der Waals surface area contributed by atoms with Crippen molar-refractivity contribution in [2.75, 3.05) is 0 Å². The SMILES string of the molecule is Cc1ccc(S(=O)(=O)NOc2cccc(CCc3ccccc3)c2)cc1. The van der Waals surface area contributed by atoms with E-state index in [1.165, 1.54) is 5.56 Å². The molecule has 0 aliphatic heterocycles. The molecule has 0 bridgehead atoms. The fourth-order valence-corrected chi connectivity index (χ4v) is 3.36. The van der Waals surface area contributed by atoms with Crippen LogP contribution in [0, 0.1) is 6.92 Å². The molecule has 0 atom stereocenters. The lowest BCUT2D eigenvalue weighted by Crippen LogP contribution is -2.27. The van der Waals surface area contributed by atoms with Gasteiger partial charge in [0.1, 0.15) is 5.75 Å². The molecule has 0 aliphatic carbocycles. The van der Waals surface area contributed by atoms with Gasteiger partial charge in [0.25, 0.3) is 10.0 Å². The van der Waals surface area contributed by atoms with Crippen LogP contribution in [0.1, 0.15) is 16.7 Å². The molecule has 0 heterocycles. The number of sulfonamides is 1. The van der Waals surface area contributed by atoms with Gasteiger partial charge in [-0.3, -0.25) is 0 Å². The van der Waals surface area contributed by atoms with Crippen LogP contribution in [-0.2, 0) is 22.9 Å². The van der Waals surface area contributed by atoms with Gasteiger partial charge in [-0.05, 0) is 60.0 Å². The minimum atomic E-state index is -3.72. The fourth-order valence-electron chi connectivity index (χ4n) is 2.57. The van der Waals surface area contributed by atoms with E-state index in [1.807, 2.05) is 43.3 Å². The average molecular weight is 367 g/mol. The Kier molecular flexibility index (Phi) is 5.71. The lowest BCUT2D eigenvalue weighted by Gasteiger charge is -2.10. The summed E-state index contributed by atoms with van der Waals surface area (Å²) < 4.78 is 24.6. The predicted octanol–water partition coefficient (Wildman–Crippen LogP) is 4.05. The van der Waals surface area contributed by atoms with Gasteiger partial charge in [-0.2, -0.15) is 0 Å². The molecule has 134 valence electrons. The molecule has 0 saturated heterocycles. The van der Waals surface area contributed by atoms with E-state index >= 15 is 0 Å². The van der Waals surface area contributed by atoms with E-state index < -0.39 is 10.0 Å². The number of benzene rings is 3. The largest absolute Gasteiger partial charge is 0.394 e. The maximum Gasteiger partial charge on any atom is 0.271 e. The van der Waals surface area contributed by atoms with E-state index in [9.17, 15) is 8.42 Å². The van der Waals surface area contributed by atoms with E-state index in [2.05, 4.69) is 17.0 Å². The van der Waals surface area contributed by atoms with Crippen LogP contribution < -0.4 is 9.72 Å². The molecule has 0 saturated carbocycles. The van der Waals surface area contributed by atoms with Gasteiger partial charge in [-0.15, -0.1) is 0 Å². The Morgan fingerprint density at radius 2 is 1.46 bits per heavy atom. The van der Waals surface area contributed by atoms with E-state index in [-0.39, 0.29) is 4.90 Å². The van der Waals surface area contributed by atoms with Gasteiger partial charge < -0.3 is 4.84 Å².